The van der Waals surface area contributed by atoms with E-state index in [0.717, 1.165) is 0 Å². The highest BCUT2D eigenvalue weighted by molar-refractivity contribution is 5.68. The zero-order chi connectivity index (χ0) is 17.8. The second-order valence-corrected chi connectivity index (χ2v) is 5.57. The maximum absolute atomic E-state index is 13.3. The summed E-state index contributed by atoms with van der Waals surface area (Å²) in [4.78, 5) is 11.3. The zero-order valence-electron chi connectivity index (χ0n) is 12.8. The molecule has 0 aliphatic heterocycles. The average molecular weight is 332 g/mol. The number of carbonyl (C=O) groups excluding carboxylic acids is 1. The zero-order valence-corrected chi connectivity index (χ0v) is 12.8. The number of carbonyl (C=O) groups is 1. The standard InChI is InChI=1S/C15H16F4N2O2/c1-14(2,3)23-13(22)21-6-4-5-9-7-11(16)12(20)8-10(9)15(17,18)19/h7-8H,6,20H2,1-3H3,(H,21,22). The Morgan fingerprint density at radius 2 is 1.91 bits per heavy atom. The van der Waals surface area contributed by atoms with Crippen LogP contribution in [0.25, 0.3) is 0 Å². The molecule has 1 aromatic carbocycles. The van der Waals surface area contributed by atoms with Crippen molar-refractivity contribution in [1.29, 1.82) is 0 Å². The summed E-state index contributed by atoms with van der Waals surface area (Å²) >= 11 is 0. The smallest absolute Gasteiger partial charge is 0.417 e. The number of hydrogen-bond donors (Lipinski definition) is 2. The molecule has 0 radical (unpaired) electrons. The van der Waals surface area contributed by atoms with E-state index in [2.05, 4.69) is 17.2 Å². The van der Waals surface area contributed by atoms with Crippen molar-refractivity contribution < 1.29 is 27.1 Å². The number of hydrogen-bond acceptors (Lipinski definition) is 3. The molecule has 4 nitrogen and oxygen atoms in total. The van der Waals surface area contributed by atoms with E-state index in [1.54, 1.807) is 20.8 Å². The van der Waals surface area contributed by atoms with Crippen LogP contribution in [0.2, 0.25) is 0 Å². The number of halogens is 4. The fourth-order valence-corrected chi connectivity index (χ4v) is 1.50. The fourth-order valence-electron chi connectivity index (χ4n) is 1.50. The predicted octanol–water partition coefficient (Wildman–Crippen LogP) is 3.30. The van der Waals surface area contributed by atoms with E-state index in [0.29, 0.717) is 12.1 Å². The number of nitrogens with two attached hydrogens (primary N) is 1. The van der Waals surface area contributed by atoms with E-state index >= 15 is 0 Å². The van der Waals surface area contributed by atoms with Gasteiger partial charge < -0.3 is 15.8 Å². The number of amides is 1. The van der Waals surface area contributed by atoms with Crippen molar-refractivity contribution in [3.8, 4) is 11.8 Å². The van der Waals surface area contributed by atoms with E-state index in [4.69, 9.17) is 10.5 Å². The summed E-state index contributed by atoms with van der Waals surface area (Å²) in [6, 6.07) is 1.10. The summed E-state index contributed by atoms with van der Waals surface area (Å²) in [7, 11) is 0. The van der Waals surface area contributed by atoms with Crippen molar-refractivity contribution in [2.45, 2.75) is 32.5 Å². The van der Waals surface area contributed by atoms with Gasteiger partial charge in [0.2, 0.25) is 0 Å². The van der Waals surface area contributed by atoms with Crippen LogP contribution >= 0.6 is 0 Å². The van der Waals surface area contributed by atoms with Gasteiger partial charge in [0.25, 0.3) is 0 Å². The Bertz CT molecular complexity index is 652. The third-order valence-electron chi connectivity index (χ3n) is 2.39. The molecule has 0 saturated carbocycles. The Morgan fingerprint density at radius 3 is 2.43 bits per heavy atom. The quantitative estimate of drug-likeness (QED) is 0.471. The highest BCUT2D eigenvalue weighted by Gasteiger charge is 2.34. The Hall–Kier alpha value is -2.43. The van der Waals surface area contributed by atoms with Gasteiger partial charge >= 0.3 is 12.3 Å². The lowest BCUT2D eigenvalue weighted by Gasteiger charge is -2.19. The molecule has 0 bridgehead atoms. The van der Waals surface area contributed by atoms with E-state index < -0.39 is 40.5 Å². The van der Waals surface area contributed by atoms with Gasteiger partial charge in [0.15, 0.2) is 0 Å². The lowest BCUT2D eigenvalue weighted by Crippen LogP contribution is -2.32. The lowest BCUT2D eigenvalue weighted by atomic mass is 10.1. The third-order valence-corrected chi connectivity index (χ3v) is 2.39. The van der Waals surface area contributed by atoms with Crippen molar-refractivity contribution in [3.05, 3.63) is 29.1 Å². The van der Waals surface area contributed by atoms with Gasteiger partial charge in [0, 0.05) is 5.56 Å². The third kappa shape index (κ3) is 6.06. The number of alkyl carbamates (subject to hydrolysis) is 1. The second kappa shape index (κ2) is 6.77. The van der Waals surface area contributed by atoms with Gasteiger partial charge in [-0.3, -0.25) is 0 Å². The molecule has 0 aromatic heterocycles. The predicted molar refractivity (Wildman–Crippen MR) is 76.9 cm³/mol. The second-order valence-electron chi connectivity index (χ2n) is 5.57. The number of nitrogens with one attached hydrogen (secondary N) is 1. The molecule has 1 aromatic rings. The van der Waals surface area contributed by atoms with Crippen molar-refractivity contribution in [1.82, 2.24) is 5.32 Å². The van der Waals surface area contributed by atoms with Crippen LogP contribution in [-0.2, 0) is 10.9 Å². The largest absolute Gasteiger partial charge is 0.444 e. The Kier molecular flexibility index (Phi) is 5.48. The van der Waals surface area contributed by atoms with Crippen molar-refractivity contribution >= 4 is 11.8 Å². The number of alkyl halides is 3. The van der Waals surface area contributed by atoms with Crippen LogP contribution in [0.15, 0.2) is 12.1 Å². The van der Waals surface area contributed by atoms with Crippen LogP contribution in [0.1, 0.15) is 31.9 Å². The number of anilines is 1. The Morgan fingerprint density at radius 1 is 1.30 bits per heavy atom. The molecular weight excluding hydrogens is 316 g/mol. The summed E-state index contributed by atoms with van der Waals surface area (Å²) in [6.45, 7) is 4.72. The summed E-state index contributed by atoms with van der Waals surface area (Å²) in [6.07, 6.45) is -5.48. The molecule has 0 saturated heterocycles. The van der Waals surface area contributed by atoms with Crippen LogP contribution in [0.3, 0.4) is 0 Å². The molecule has 3 N–H and O–H groups in total. The molecule has 0 fully saturated rings. The van der Waals surface area contributed by atoms with Crippen molar-refractivity contribution in [3.63, 3.8) is 0 Å². The SMILES string of the molecule is CC(C)(C)OC(=O)NCC#Cc1cc(F)c(N)cc1C(F)(F)F. The van der Waals surface area contributed by atoms with E-state index in [-0.39, 0.29) is 6.54 Å². The minimum atomic E-state index is -4.72. The summed E-state index contributed by atoms with van der Waals surface area (Å²) in [5, 5.41) is 2.26. The lowest BCUT2D eigenvalue weighted by molar-refractivity contribution is -0.137. The maximum Gasteiger partial charge on any atom is 0.417 e. The van der Waals surface area contributed by atoms with E-state index in [1.807, 2.05) is 0 Å². The first-order valence-electron chi connectivity index (χ1n) is 6.52. The molecule has 0 atom stereocenters. The number of ether oxygens (including phenoxy) is 1. The molecule has 1 amide bonds. The number of benzene rings is 1. The molecule has 8 heteroatoms. The van der Waals surface area contributed by atoms with E-state index in [9.17, 15) is 22.4 Å². The van der Waals surface area contributed by atoms with Crippen molar-refractivity contribution in [2.24, 2.45) is 0 Å². The summed E-state index contributed by atoms with van der Waals surface area (Å²) < 4.78 is 56.8. The van der Waals surface area contributed by atoms with Crippen LogP contribution in [0.4, 0.5) is 28.0 Å². The molecule has 126 valence electrons. The number of nitrogen functional groups attached to an aromatic ring is 1. The van der Waals surface area contributed by atoms with Gasteiger partial charge in [0.1, 0.15) is 11.4 Å². The summed E-state index contributed by atoms with van der Waals surface area (Å²) in [5.74, 6) is 3.48. The Labute approximate surface area is 131 Å². The summed E-state index contributed by atoms with van der Waals surface area (Å²) in [5.41, 5.74) is 2.12. The van der Waals surface area contributed by atoms with Gasteiger partial charge in [-0.2, -0.15) is 13.2 Å². The highest BCUT2D eigenvalue weighted by atomic mass is 19.4. The maximum atomic E-state index is 13.3. The Balaban J connectivity index is 2.87. The van der Waals surface area contributed by atoms with Gasteiger partial charge in [0.05, 0.1) is 17.8 Å². The fraction of sp³-hybridized carbons (Fsp3) is 0.400. The molecule has 0 heterocycles. The van der Waals surface area contributed by atoms with Crippen LogP contribution in [-0.4, -0.2) is 18.2 Å². The van der Waals surface area contributed by atoms with Gasteiger partial charge in [-0.15, -0.1) is 0 Å². The normalized spacial score (nSPS) is 11.4. The van der Waals surface area contributed by atoms with Gasteiger partial charge in [-0.05, 0) is 32.9 Å². The average Bonchev–Trinajstić information content (AvgIpc) is 2.35. The molecule has 0 unspecified atom stereocenters. The molecule has 23 heavy (non-hydrogen) atoms. The topological polar surface area (TPSA) is 64.3 Å². The first-order chi connectivity index (χ1) is 10.4. The highest BCUT2D eigenvalue weighted by Crippen LogP contribution is 2.33. The monoisotopic (exact) mass is 332 g/mol. The number of rotatable bonds is 1. The molecular formula is C15H16F4N2O2. The molecule has 1 rings (SSSR count). The first kappa shape index (κ1) is 18.6. The molecule has 0 spiro atoms. The van der Waals surface area contributed by atoms with Crippen LogP contribution in [0, 0.1) is 17.7 Å². The van der Waals surface area contributed by atoms with Crippen molar-refractivity contribution in [2.75, 3.05) is 12.3 Å². The van der Waals surface area contributed by atoms with E-state index in [1.165, 1.54) is 0 Å². The van der Waals surface area contributed by atoms with Crippen LogP contribution < -0.4 is 11.1 Å². The minimum absolute atomic E-state index is 0.252. The van der Waals surface area contributed by atoms with Gasteiger partial charge in [-0.1, -0.05) is 11.8 Å². The molecule has 0 aliphatic carbocycles. The molecule has 0 aliphatic rings. The minimum Gasteiger partial charge on any atom is -0.444 e. The van der Waals surface area contributed by atoms with Gasteiger partial charge in [-0.25, -0.2) is 9.18 Å². The van der Waals surface area contributed by atoms with Crippen LogP contribution in [0.5, 0.6) is 0 Å². The first-order valence-corrected chi connectivity index (χ1v) is 6.52.